The summed E-state index contributed by atoms with van der Waals surface area (Å²) in [4.78, 5) is 0. The second kappa shape index (κ2) is 8.23. The van der Waals surface area contributed by atoms with Crippen LogP contribution in [0, 0.1) is 6.92 Å². The van der Waals surface area contributed by atoms with Gasteiger partial charge in [0.2, 0.25) is 0 Å². The highest BCUT2D eigenvalue weighted by atomic mass is 32.2. The summed E-state index contributed by atoms with van der Waals surface area (Å²) < 4.78 is 39.3. The Morgan fingerprint density at radius 1 is 1.21 bits per heavy atom. The number of ether oxygens (including phenoxy) is 1. The average Bonchev–Trinajstić information content (AvgIpc) is 2.53. The molecule has 0 saturated heterocycles. The lowest BCUT2D eigenvalue weighted by atomic mass is 10.2. The number of aliphatic hydroxyl groups is 1. The number of rotatable bonds is 8. The largest absolute Gasteiger partial charge is 0.748 e. The summed E-state index contributed by atoms with van der Waals surface area (Å²) in [6.07, 6.45) is 2.99. The van der Waals surface area contributed by atoms with Crippen LogP contribution < -0.4 is 9.30 Å². The van der Waals surface area contributed by atoms with Gasteiger partial charge in [0.25, 0.3) is 0 Å². The third-order valence-electron chi connectivity index (χ3n) is 3.55. The van der Waals surface area contributed by atoms with Crippen LogP contribution in [-0.2, 0) is 23.1 Å². The highest BCUT2D eigenvalue weighted by Crippen LogP contribution is 2.16. The molecule has 130 valence electrons. The zero-order chi connectivity index (χ0) is 17.6. The fourth-order valence-corrected chi connectivity index (χ4v) is 2.71. The number of aryl methyl sites for hydroxylation is 2. The summed E-state index contributed by atoms with van der Waals surface area (Å²) in [5.74, 6) is 0.333. The van der Waals surface area contributed by atoms with Crippen LogP contribution in [0.5, 0.6) is 5.75 Å². The fourth-order valence-electron chi connectivity index (χ4n) is 2.22. The first-order chi connectivity index (χ1) is 11.3. The molecule has 1 N–H and O–H groups in total. The van der Waals surface area contributed by atoms with Gasteiger partial charge in [0.15, 0.2) is 18.9 Å². The van der Waals surface area contributed by atoms with Crippen molar-refractivity contribution >= 4 is 10.1 Å². The van der Waals surface area contributed by atoms with Crippen molar-refractivity contribution in [2.45, 2.75) is 26.0 Å². The van der Waals surface area contributed by atoms with E-state index in [0.29, 0.717) is 6.54 Å². The number of hydrogen-bond acceptors (Lipinski definition) is 5. The van der Waals surface area contributed by atoms with Crippen LogP contribution in [0.15, 0.2) is 48.8 Å². The van der Waals surface area contributed by atoms with Crippen molar-refractivity contribution in [3.63, 3.8) is 0 Å². The molecule has 1 unspecified atom stereocenters. The van der Waals surface area contributed by atoms with Gasteiger partial charge in [-0.3, -0.25) is 0 Å². The lowest BCUT2D eigenvalue weighted by Gasteiger charge is -2.12. The summed E-state index contributed by atoms with van der Waals surface area (Å²) in [5, 5.41) is 10.1. The molecule has 0 aliphatic rings. The van der Waals surface area contributed by atoms with E-state index in [1.165, 1.54) is 0 Å². The molecule has 1 aromatic carbocycles. The van der Waals surface area contributed by atoms with Crippen molar-refractivity contribution in [2.24, 2.45) is 0 Å². The number of aliphatic hydroxyl groups excluding tert-OH is 1. The number of pyridine rings is 1. The zero-order valence-corrected chi connectivity index (χ0v) is 14.3. The molecule has 0 aliphatic heterocycles. The third kappa shape index (κ3) is 6.27. The van der Waals surface area contributed by atoms with Crippen LogP contribution in [0.2, 0.25) is 0 Å². The van der Waals surface area contributed by atoms with Gasteiger partial charge in [0.05, 0.1) is 10.1 Å². The second-order valence-corrected chi connectivity index (χ2v) is 7.17. The Balaban J connectivity index is 1.83. The molecule has 0 amide bonds. The number of para-hydroxylation sites is 1. The fraction of sp³-hybridized carbons (Fsp3) is 0.353. The van der Waals surface area contributed by atoms with E-state index in [4.69, 9.17) is 4.74 Å². The molecule has 1 heterocycles. The molecular weight excluding hydrogens is 330 g/mol. The Bertz CT molecular complexity index is 759. The number of nitrogens with zero attached hydrogens (tertiary/aromatic N) is 1. The monoisotopic (exact) mass is 351 g/mol. The molecule has 1 aromatic heterocycles. The normalized spacial score (nSPS) is 12.8. The highest BCUT2D eigenvalue weighted by molar-refractivity contribution is 7.85. The van der Waals surface area contributed by atoms with E-state index < -0.39 is 22.0 Å². The number of aromatic nitrogens is 1. The molecule has 0 spiro atoms. The predicted molar refractivity (Wildman–Crippen MR) is 87.6 cm³/mol. The van der Waals surface area contributed by atoms with Crippen LogP contribution in [-0.4, -0.2) is 36.5 Å². The molecule has 1 atom stereocenters. The molecule has 7 heteroatoms. The van der Waals surface area contributed by atoms with Gasteiger partial charge >= 0.3 is 0 Å². The molecule has 6 nitrogen and oxygen atoms in total. The van der Waals surface area contributed by atoms with Crippen LogP contribution >= 0.6 is 0 Å². The van der Waals surface area contributed by atoms with Gasteiger partial charge < -0.3 is 14.4 Å². The maximum Gasteiger partial charge on any atom is 0.177 e. The quantitative estimate of drug-likeness (QED) is 0.561. The van der Waals surface area contributed by atoms with Crippen molar-refractivity contribution in [3.8, 4) is 5.75 Å². The van der Waals surface area contributed by atoms with E-state index in [9.17, 15) is 18.1 Å². The summed E-state index contributed by atoms with van der Waals surface area (Å²) in [6, 6.07) is 11.1. The van der Waals surface area contributed by atoms with E-state index >= 15 is 0 Å². The molecule has 0 aliphatic carbocycles. The molecule has 2 rings (SSSR count). The van der Waals surface area contributed by atoms with Gasteiger partial charge in [0, 0.05) is 17.9 Å². The van der Waals surface area contributed by atoms with E-state index in [1.807, 2.05) is 31.2 Å². The van der Waals surface area contributed by atoms with Crippen molar-refractivity contribution in [1.82, 2.24) is 0 Å². The van der Waals surface area contributed by atoms with E-state index in [1.54, 1.807) is 29.1 Å². The molecular formula is C17H21NO5S. The van der Waals surface area contributed by atoms with Crippen LogP contribution in [0.1, 0.15) is 11.1 Å². The Morgan fingerprint density at radius 2 is 1.88 bits per heavy atom. The van der Waals surface area contributed by atoms with E-state index in [-0.39, 0.29) is 13.0 Å². The summed E-state index contributed by atoms with van der Waals surface area (Å²) in [7, 11) is -4.20. The highest BCUT2D eigenvalue weighted by Gasteiger charge is 2.12. The van der Waals surface area contributed by atoms with Gasteiger partial charge in [0.1, 0.15) is 18.5 Å². The second-order valence-electron chi connectivity index (χ2n) is 5.65. The Hall–Kier alpha value is -1.96. The lowest BCUT2D eigenvalue weighted by Crippen LogP contribution is -2.41. The maximum atomic E-state index is 10.6. The standard InChI is InChI=1S/C17H21NO5S/c1-14-4-2-3-5-17(14)23-13-16(19)12-18-9-6-15(7-10-18)8-11-24(20,21)22/h2-7,9-10,16,19H,8,11-13H2,1H3. The first-order valence-corrected chi connectivity index (χ1v) is 9.19. The minimum Gasteiger partial charge on any atom is -0.748 e. The summed E-state index contributed by atoms with van der Waals surface area (Å²) >= 11 is 0. The SMILES string of the molecule is Cc1ccccc1OCC(O)C[n+]1ccc(CCS(=O)(=O)[O-])cc1. The topological polar surface area (TPSA) is 90.5 Å². The van der Waals surface area contributed by atoms with Crippen LogP contribution in [0.25, 0.3) is 0 Å². The molecule has 0 radical (unpaired) electrons. The molecule has 24 heavy (non-hydrogen) atoms. The lowest BCUT2D eigenvalue weighted by molar-refractivity contribution is -0.703. The van der Waals surface area contributed by atoms with Gasteiger partial charge in [-0.15, -0.1) is 0 Å². The van der Waals surface area contributed by atoms with Crippen molar-refractivity contribution in [1.29, 1.82) is 0 Å². The minimum atomic E-state index is -4.20. The zero-order valence-electron chi connectivity index (χ0n) is 13.5. The van der Waals surface area contributed by atoms with Crippen molar-refractivity contribution in [3.05, 3.63) is 59.9 Å². The third-order valence-corrected chi connectivity index (χ3v) is 4.25. The van der Waals surface area contributed by atoms with Gasteiger partial charge in [-0.25, -0.2) is 13.0 Å². The number of hydrogen-bond donors (Lipinski definition) is 1. The van der Waals surface area contributed by atoms with Gasteiger partial charge in [-0.05, 0) is 30.5 Å². The average molecular weight is 351 g/mol. The first-order valence-electron chi connectivity index (χ1n) is 7.61. The first kappa shape index (κ1) is 18.4. The maximum absolute atomic E-state index is 10.6. The smallest absolute Gasteiger partial charge is 0.177 e. The predicted octanol–water partition coefficient (Wildman–Crippen LogP) is 0.810. The minimum absolute atomic E-state index is 0.175. The van der Waals surface area contributed by atoms with Crippen LogP contribution in [0.3, 0.4) is 0 Å². The van der Waals surface area contributed by atoms with Gasteiger partial charge in [-0.2, -0.15) is 0 Å². The molecule has 2 aromatic rings. The van der Waals surface area contributed by atoms with Gasteiger partial charge in [-0.1, -0.05) is 18.2 Å². The van der Waals surface area contributed by atoms with E-state index in [0.717, 1.165) is 16.9 Å². The van der Waals surface area contributed by atoms with Crippen molar-refractivity contribution < 1.29 is 27.4 Å². The van der Waals surface area contributed by atoms with E-state index in [2.05, 4.69) is 0 Å². The van der Waals surface area contributed by atoms with Crippen LogP contribution in [0.4, 0.5) is 0 Å². The molecule has 0 saturated carbocycles. The summed E-state index contributed by atoms with van der Waals surface area (Å²) in [6.45, 7) is 2.47. The molecule has 0 fully saturated rings. The Labute approximate surface area is 142 Å². The number of benzene rings is 1. The Morgan fingerprint density at radius 3 is 2.50 bits per heavy atom. The van der Waals surface area contributed by atoms with Crippen molar-refractivity contribution in [2.75, 3.05) is 12.4 Å². The molecule has 0 bridgehead atoms. The summed E-state index contributed by atoms with van der Waals surface area (Å²) in [5.41, 5.74) is 1.77. The Kier molecular flexibility index (Phi) is 6.30.